The molecule has 0 aliphatic rings. The van der Waals surface area contributed by atoms with Crippen LogP contribution in [0.4, 0.5) is 0 Å². The molecule has 3 aromatic heterocycles. The third-order valence-corrected chi connectivity index (χ3v) is 6.10. The number of aromatic nitrogens is 5. The molecule has 0 radical (unpaired) electrons. The molecule has 33 heavy (non-hydrogen) atoms. The molecule has 0 saturated heterocycles. The van der Waals surface area contributed by atoms with Crippen LogP contribution in [0.3, 0.4) is 0 Å². The number of hydrogen-bond donors (Lipinski definition) is 1. The molecule has 0 saturated carbocycles. The summed E-state index contributed by atoms with van der Waals surface area (Å²) in [6.07, 6.45) is 1.78. The summed E-state index contributed by atoms with van der Waals surface area (Å²) in [5, 5.41) is 4.81. The smallest absolute Gasteiger partial charge is 0.282 e. The second-order valence-electron chi connectivity index (χ2n) is 8.21. The summed E-state index contributed by atoms with van der Waals surface area (Å²) >= 11 is 0. The number of aryl methyl sites for hydroxylation is 2. The van der Waals surface area contributed by atoms with E-state index >= 15 is 0 Å². The molecule has 3 aromatic carbocycles. The van der Waals surface area contributed by atoms with E-state index in [0.717, 1.165) is 44.7 Å². The molecule has 0 spiro atoms. The van der Waals surface area contributed by atoms with Gasteiger partial charge in [-0.05, 0) is 30.2 Å². The molecule has 0 unspecified atom stereocenters. The zero-order valence-corrected chi connectivity index (χ0v) is 18.3. The van der Waals surface area contributed by atoms with Crippen molar-refractivity contribution in [3.8, 4) is 33.5 Å². The van der Waals surface area contributed by atoms with E-state index in [-0.39, 0.29) is 5.56 Å². The number of imidazole rings is 1. The van der Waals surface area contributed by atoms with E-state index in [2.05, 4.69) is 9.97 Å². The van der Waals surface area contributed by atoms with Crippen LogP contribution >= 0.6 is 0 Å². The Bertz CT molecular complexity index is 1690. The van der Waals surface area contributed by atoms with Crippen LogP contribution in [-0.2, 0) is 7.05 Å². The Morgan fingerprint density at radius 3 is 2.24 bits per heavy atom. The van der Waals surface area contributed by atoms with Crippen molar-refractivity contribution >= 4 is 16.7 Å². The van der Waals surface area contributed by atoms with Gasteiger partial charge in [0.25, 0.3) is 5.56 Å². The first-order chi connectivity index (χ1) is 16.1. The normalized spacial score (nSPS) is 11.5. The summed E-state index contributed by atoms with van der Waals surface area (Å²) < 4.78 is 3.45. The first kappa shape index (κ1) is 19.3. The molecule has 0 fully saturated rings. The van der Waals surface area contributed by atoms with Crippen LogP contribution in [0, 0.1) is 6.92 Å². The predicted molar refractivity (Wildman–Crippen MR) is 131 cm³/mol. The van der Waals surface area contributed by atoms with Crippen LogP contribution in [-0.4, -0.2) is 24.1 Å². The molecule has 160 valence electrons. The lowest BCUT2D eigenvalue weighted by molar-refractivity contribution is 0.896. The highest BCUT2D eigenvalue weighted by molar-refractivity contribution is 5.91. The largest absolute Gasteiger partial charge is 0.343 e. The van der Waals surface area contributed by atoms with Gasteiger partial charge in [-0.3, -0.25) is 4.79 Å². The number of aromatic amines is 1. The maximum absolute atomic E-state index is 13.8. The van der Waals surface area contributed by atoms with E-state index in [1.807, 2.05) is 97.4 Å². The number of nitrogens with zero attached hydrogens (tertiary/aromatic N) is 4. The Balaban J connectivity index is 1.67. The van der Waals surface area contributed by atoms with Gasteiger partial charge in [0.1, 0.15) is 11.3 Å². The van der Waals surface area contributed by atoms with Gasteiger partial charge in [0.05, 0.1) is 28.5 Å². The van der Waals surface area contributed by atoms with Crippen LogP contribution in [0.2, 0.25) is 0 Å². The lowest BCUT2D eigenvalue weighted by Crippen LogP contribution is -2.19. The standard InChI is InChI=1S/C27H21N5O/c1-17-23(20-13-14-21-22(15-20)31(2)16-28-21)27(33)32-26(29-17)24(18-9-5-3-6-10-18)25(30-32)19-11-7-4-8-12-19/h3-16,29H,1-2H3. The molecule has 0 amide bonds. The lowest BCUT2D eigenvalue weighted by Gasteiger charge is -2.09. The summed E-state index contributed by atoms with van der Waals surface area (Å²) in [7, 11) is 1.95. The number of fused-ring (bicyclic) bond motifs is 2. The second-order valence-corrected chi connectivity index (χ2v) is 8.21. The predicted octanol–water partition coefficient (Wildman–Crippen LogP) is 5.22. The SMILES string of the molecule is Cc1[nH]c2c(-c3ccccc3)c(-c3ccccc3)nn2c(=O)c1-c1ccc2ncn(C)c2c1. The van der Waals surface area contributed by atoms with Gasteiger partial charge in [0.15, 0.2) is 0 Å². The molecular formula is C27H21N5O. The van der Waals surface area contributed by atoms with E-state index in [1.165, 1.54) is 4.52 Å². The van der Waals surface area contributed by atoms with E-state index < -0.39 is 0 Å². The second kappa shape index (κ2) is 7.31. The van der Waals surface area contributed by atoms with E-state index in [9.17, 15) is 4.79 Å². The van der Waals surface area contributed by atoms with Crippen molar-refractivity contribution in [1.29, 1.82) is 0 Å². The van der Waals surface area contributed by atoms with E-state index in [4.69, 9.17) is 5.10 Å². The van der Waals surface area contributed by atoms with Crippen molar-refractivity contribution < 1.29 is 0 Å². The summed E-state index contributed by atoms with van der Waals surface area (Å²) in [6, 6.07) is 25.9. The fourth-order valence-electron chi connectivity index (χ4n) is 4.48. The van der Waals surface area contributed by atoms with Gasteiger partial charge >= 0.3 is 0 Å². The Kier molecular flexibility index (Phi) is 4.26. The summed E-state index contributed by atoms with van der Waals surface area (Å²) in [6.45, 7) is 1.94. The minimum Gasteiger partial charge on any atom is -0.343 e. The number of hydrogen-bond acceptors (Lipinski definition) is 3. The van der Waals surface area contributed by atoms with Crippen molar-refractivity contribution in [1.82, 2.24) is 24.1 Å². The third kappa shape index (κ3) is 2.99. The number of nitrogens with one attached hydrogen (secondary N) is 1. The maximum Gasteiger partial charge on any atom is 0.282 e. The van der Waals surface area contributed by atoms with Crippen LogP contribution < -0.4 is 5.56 Å². The topological polar surface area (TPSA) is 68.0 Å². The summed E-state index contributed by atoms with van der Waals surface area (Å²) in [5.41, 5.74) is 8.30. The molecule has 0 aliphatic carbocycles. The highest BCUT2D eigenvalue weighted by atomic mass is 16.1. The van der Waals surface area contributed by atoms with Gasteiger partial charge in [-0.1, -0.05) is 66.7 Å². The molecule has 6 rings (SSSR count). The van der Waals surface area contributed by atoms with E-state index in [1.54, 1.807) is 6.33 Å². The fourth-order valence-corrected chi connectivity index (χ4v) is 4.48. The number of benzene rings is 3. The Morgan fingerprint density at radius 2 is 1.52 bits per heavy atom. The average Bonchev–Trinajstić information content (AvgIpc) is 3.41. The molecule has 0 bridgehead atoms. The Morgan fingerprint density at radius 1 is 0.818 bits per heavy atom. The van der Waals surface area contributed by atoms with Crippen molar-refractivity contribution in [2.24, 2.45) is 7.05 Å². The molecule has 1 N–H and O–H groups in total. The quantitative estimate of drug-likeness (QED) is 0.418. The minimum absolute atomic E-state index is 0.151. The van der Waals surface area contributed by atoms with Gasteiger partial charge in [0.2, 0.25) is 0 Å². The van der Waals surface area contributed by atoms with Gasteiger partial charge < -0.3 is 9.55 Å². The Labute approximate surface area is 189 Å². The lowest BCUT2D eigenvalue weighted by atomic mass is 10.0. The Hall–Kier alpha value is -4.45. The van der Waals surface area contributed by atoms with Gasteiger partial charge in [0, 0.05) is 18.3 Å². The van der Waals surface area contributed by atoms with Crippen molar-refractivity contribution in [2.45, 2.75) is 6.92 Å². The fraction of sp³-hybridized carbons (Fsp3) is 0.0741. The van der Waals surface area contributed by atoms with Crippen LogP contribution in [0.1, 0.15) is 5.69 Å². The maximum atomic E-state index is 13.8. The number of rotatable bonds is 3. The van der Waals surface area contributed by atoms with Crippen molar-refractivity contribution in [3.63, 3.8) is 0 Å². The molecule has 0 aliphatic heterocycles. The minimum atomic E-state index is -0.151. The highest BCUT2D eigenvalue weighted by Crippen LogP contribution is 2.34. The molecule has 6 aromatic rings. The first-order valence-corrected chi connectivity index (χ1v) is 10.8. The van der Waals surface area contributed by atoms with Gasteiger partial charge in [-0.2, -0.15) is 9.61 Å². The average molecular weight is 431 g/mol. The highest BCUT2D eigenvalue weighted by Gasteiger charge is 2.21. The number of H-pyrrole nitrogens is 1. The molecule has 6 heteroatoms. The van der Waals surface area contributed by atoms with Crippen molar-refractivity contribution in [3.05, 3.63) is 101 Å². The van der Waals surface area contributed by atoms with Gasteiger partial charge in [-0.25, -0.2) is 4.98 Å². The molecule has 6 nitrogen and oxygen atoms in total. The zero-order chi connectivity index (χ0) is 22.5. The molecule has 3 heterocycles. The summed E-state index contributed by atoms with van der Waals surface area (Å²) in [5.74, 6) is 0. The first-order valence-electron chi connectivity index (χ1n) is 10.8. The van der Waals surface area contributed by atoms with E-state index in [0.29, 0.717) is 11.2 Å². The van der Waals surface area contributed by atoms with Crippen LogP contribution in [0.15, 0.2) is 90.0 Å². The summed E-state index contributed by atoms with van der Waals surface area (Å²) in [4.78, 5) is 21.7. The monoisotopic (exact) mass is 431 g/mol. The third-order valence-electron chi connectivity index (χ3n) is 6.10. The molecular weight excluding hydrogens is 410 g/mol. The van der Waals surface area contributed by atoms with Crippen molar-refractivity contribution in [2.75, 3.05) is 0 Å². The van der Waals surface area contributed by atoms with Crippen LogP contribution in [0.25, 0.3) is 50.2 Å². The molecule has 0 atom stereocenters. The van der Waals surface area contributed by atoms with Gasteiger partial charge in [-0.15, -0.1) is 0 Å². The van der Waals surface area contributed by atoms with Crippen LogP contribution in [0.5, 0.6) is 0 Å². The zero-order valence-electron chi connectivity index (χ0n) is 18.3.